The van der Waals surface area contributed by atoms with Crippen LogP contribution in [0.2, 0.25) is 10.0 Å². The first kappa shape index (κ1) is 20.7. The molecule has 150 valence electrons. The van der Waals surface area contributed by atoms with Gasteiger partial charge in [0.2, 0.25) is 0 Å². The first-order valence-corrected chi connectivity index (χ1v) is 9.80. The monoisotopic (exact) mass is 443 g/mol. The van der Waals surface area contributed by atoms with Crippen molar-refractivity contribution in [2.24, 2.45) is 0 Å². The number of amides is 1. The van der Waals surface area contributed by atoms with Gasteiger partial charge in [0.25, 0.3) is 0 Å². The Bertz CT molecular complexity index is 840. The molecule has 0 saturated carbocycles. The molecule has 2 aromatic rings. The first-order valence-electron chi connectivity index (χ1n) is 8.63. The van der Waals surface area contributed by atoms with E-state index in [1.165, 1.54) is 6.07 Å². The van der Waals surface area contributed by atoms with E-state index in [0.717, 1.165) is 19.4 Å². The van der Waals surface area contributed by atoms with Gasteiger partial charge in [0.1, 0.15) is 18.1 Å². The normalized spacial score (nSPS) is 15.9. The Labute approximate surface area is 177 Å². The third kappa shape index (κ3) is 6.00. The molecule has 28 heavy (non-hydrogen) atoms. The third-order valence-electron chi connectivity index (χ3n) is 3.95. The molecule has 3 rings (SSSR count). The Balaban J connectivity index is 1.43. The fourth-order valence-electron chi connectivity index (χ4n) is 2.55. The highest BCUT2D eigenvalue weighted by atomic mass is 35.5. The molecule has 0 radical (unpaired) electrons. The molecule has 2 heterocycles. The zero-order chi connectivity index (χ0) is 19.9. The summed E-state index contributed by atoms with van der Waals surface area (Å²) in [4.78, 5) is 12.1. The molecule has 0 spiro atoms. The smallest absolute Gasteiger partial charge is 0.305 e. The van der Waals surface area contributed by atoms with Crippen molar-refractivity contribution in [2.45, 2.75) is 25.6 Å². The van der Waals surface area contributed by atoms with Crippen molar-refractivity contribution in [1.82, 2.24) is 16.2 Å². The summed E-state index contributed by atoms with van der Waals surface area (Å²) in [7, 11) is 0. The van der Waals surface area contributed by atoms with Crippen LogP contribution >= 0.6 is 35.4 Å². The lowest BCUT2D eigenvalue weighted by Gasteiger charge is -2.14. The SMILES string of the molecule is O=C(NNC(=S)NC[C@H]1CCCO1)c1ccc(COc2cc(Cl)ccc2Cl)o1. The van der Waals surface area contributed by atoms with E-state index in [4.69, 9.17) is 49.3 Å². The van der Waals surface area contributed by atoms with Crippen LogP contribution in [0, 0.1) is 0 Å². The molecule has 7 nitrogen and oxygen atoms in total. The van der Waals surface area contributed by atoms with E-state index >= 15 is 0 Å². The molecule has 3 N–H and O–H groups in total. The average molecular weight is 444 g/mol. The Morgan fingerprint density at radius 1 is 1.25 bits per heavy atom. The Morgan fingerprint density at radius 3 is 2.89 bits per heavy atom. The number of hydrogen-bond acceptors (Lipinski definition) is 5. The Kier molecular flexibility index (Phi) is 7.38. The number of ether oxygens (including phenoxy) is 2. The summed E-state index contributed by atoms with van der Waals surface area (Å²) in [5.41, 5.74) is 5.10. The fourth-order valence-corrected chi connectivity index (χ4v) is 3.01. The van der Waals surface area contributed by atoms with Crippen molar-refractivity contribution in [2.75, 3.05) is 13.2 Å². The van der Waals surface area contributed by atoms with Crippen LogP contribution in [-0.2, 0) is 11.3 Å². The number of furan rings is 1. The molecule has 1 amide bonds. The highest BCUT2D eigenvalue weighted by Crippen LogP contribution is 2.28. The van der Waals surface area contributed by atoms with Crippen molar-refractivity contribution in [3.63, 3.8) is 0 Å². The minimum atomic E-state index is -0.465. The van der Waals surface area contributed by atoms with Gasteiger partial charge in [0, 0.05) is 24.2 Å². The largest absolute Gasteiger partial charge is 0.484 e. The topological polar surface area (TPSA) is 84.8 Å². The number of nitrogens with one attached hydrogen (secondary N) is 3. The van der Waals surface area contributed by atoms with Gasteiger partial charge in [-0.3, -0.25) is 15.6 Å². The number of benzene rings is 1. The highest BCUT2D eigenvalue weighted by molar-refractivity contribution is 7.80. The van der Waals surface area contributed by atoms with E-state index in [2.05, 4.69) is 16.2 Å². The number of carbonyl (C=O) groups excluding carboxylic acids is 1. The van der Waals surface area contributed by atoms with Crippen LogP contribution in [0.3, 0.4) is 0 Å². The Hall–Kier alpha value is -2.00. The molecule has 1 fully saturated rings. The maximum atomic E-state index is 12.1. The van der Waals surface area contributed by atoms with Crippen molar-refractivity contribution in [3.05, 3.63) is 51.9 Å². The molecule has 0 aliphatic carbocycles. The van der Waals surface area contributed by atoms with E-state index in [1.807, 2.05) is 0 Å². The van der Waals surface area contributed by atoms with Gasteiger partial charge in [-0.15, -0.1) is 0 Å². The van der Waals surface area contributed by atoms with Gasteiger partial charge in [0.05, 0.1) is 11.1 Å². The van der Waals surface area contributed by atoms with E-state index < -0.39 is 5.91 Å². The standard InChI is InChI=1S/C18H19Cl2N3O4S/c19-11-3-5-14(20)16(8-11)26-10-13-4-6-15(27-13)17(24)22-23-18(28)21-9-12-2-1-7-25-12/h3-6,8,12H,1-2,7,9-10H2,(H,22,24)(H2,21,23,28)/t12-/m1/s1. The lowest BCUT2D eigenvalue weighted by molar-refractivity contribution is 0.0911. The first-order chi connectivity index (χ1) is 13.5. The molecule has 0 unspecified atom stereocenters. The molecule has 0 bridgehead atoms. The second kappa shape index (κ2) is 9.97. The van der Waals surface area contributed by atoms with Crippen LogP contribution in [0.25, 0.3) is 0 Å². The molecule has 1 saturated heterocycles. The molecule has 1 atom stereocenters. The average Bonchev–Trinajstić information content (AvgIpc) is 3.37. The van der Waals surface area contributed by atoms with Gasteiger partial charge in [-0.05, 0) is 49.3 Å². The van der Waals surface area contributed by atoms with Crippen molar-refractivity contribution >= 4 is 46.4 Å². The number of carbonyl (C=O) groups is 1. The molecule has 1 aromatic carbocycles. The van der Waals surface area contributed by atoms with Gasteiger partial charge in [-0.25, -0.2) is 0 Å². The van der Waals surface area contributed by atoms with E-state index in [1.54, 1.807) is 24.3 Å². The minimum absolute atomic E-state index is 0.0993. The highest BCUT2D eigenvalue weighted by Gasteiger charge is 2.16. The summed E-state index contributed by atoms with van der Waals surface area (Å²) in [6, 6.07) is 8.09. The van der Waals surface area contributed by atoms with E-state index in [-0.39, 0.29) is 18.5 Å². The second-order valence-corrected chi connectivity index (χ2v) is 7.31. The zero-order valence-corrected chi connectivity index (χ0v) is 17.1. The summed E-state index contributed by atoms with van der Waals surface area (Å²) >= 11 is 17.1. The number of halogens is 2. The predicted octanol–water partition coefficient (Wildman–Crippen LogP) is 3.45. The van der Waals surface area contributed by atoms with Crippen molar-refractivity contribution in [1.29, 1.82) is 0 Å². The number of rotatable bonds is 6. The van der Waals surface area contributed by atoms with Crippen LogP contribution in [0.15, 0.2) is 34.7 Å². The van der Waals surface area contributed by atoms with Gasteiger partial charge >= 0.3 is 5.91 Å². The molecular weight excluding hydrogens is 425 g/mol. The van der Waals surface area contributed by atoms with Gasteiger partial charge in [-0.2, -0.15) is 0 Å². The lowest BCUT2D eigenvalue weighted by Crippen LogP contribution is -2.48. The summed E-state index contributed by atoms with van der Waals surface area (Å²) in [6.45, 7) is 1.47. The lowest BCUT2D eigenvalue weighted by atomic mass is 10.2. The maximum Gasteiger partial charge on any atom is 0.305 e. The molecule has 1 aromatic heterocycles. The third-order valence-corrected chi connectivity index (χ3v) is 4.75. The molecule has 10 heteroatoms. The predicted molar refractivity (Wildman–Crippen MR) is 110 cm³/mol. The minimum Gasteiger partial charge on any atom is -0.484 e. The van der Waals surface area contributed by atoms with Gasteiger partial charge in [0.15, 0.2) is 10.9 Å². The summed E-state index contributed by atoms with van der Waals surface area (Å²) in [5, 5.41) is 4.23. The van der Waals surface area contributed by atoms with Crippen molar-refractivity contribution in [3.8, 4) is 5.75 Å². The van der Waals surface area contributed by atoms with Crippen LogP contribution in [-0.4, -0.2) is 30.3 Å². The number of hydrazine groups is 1. The van der Waals surface area contributed by atoms with Crippen LogP contribution in [0.5, 0.6) is 5.75 Å². The molecule has 1 aliphatic heterocycles. The Morgan fingerprint density at radius 2 is 2.11 bits per heavy atom. The van der Waals surface area contributed by atoms with Crippen molar-refractivity contribution < 1.29 is 18.7 Å². The fraction of sp³-hybridized carbons (Fsp3) is 0.333. The van der Waals surface area contributed by atoms with Gasteiger partial charge in [-0.1, -0.05) is 23.2 Å². The van der Waals surface area contributed by atoms with Crippen LogP contribution in [0.1, 0.15) is 29.2 Å². The maximum absolute atomic E-state index is 12.1. The molecule has 1 aliphatic rings. The van der Waals surface area contributed by atoms with E-state index in [0.29, 0.717) is 33.2 Å². The van der Waals surface area contributed by atoms with Crippen LogP contribution in [0.4, 0.5) is 0 Å². The number of thiocarbonyl (C=S) groups is 1. The van der Waals surface area contributed by atoms with E-state index in [9.17, 15) is 4.79 Å². The summed E-state index contributed by atoms with van der Waals surface area (Å²) in [5.74, 6) is 0.541. The summed E-state index contributed by atoms with van der Waals surface area (Å²) in [6.07, 6.45) is 2.20. The van der Waals surface area contributed by atoms with Crippen LogP contribution < -0.4 is 20.9 Å². The number of hydrogen-bond donors (Lipinski definition) is 3. The zero-order valence-electron chi connectivity index (χ0n) is 14.8. The summed E-state index contributed by atoms with van der Waals surface area (Å²) < 4.78 is 16.5. The quantitative estimate of drug-likeness (QED) is 0.465. The second-order valence-electron chi connectivity index (χ2n) is 6.05. The van der Waals surface area contributed by atoms with Gasteiger partial charge < -0.3 is 19.2 Å². The molecular formula is C18H19Cl2N3O4S.